The summed E-state index contributed by atoms with van der Waals surface area (Å²) in [5.41, 5.74) is -0.0301. The number of thioether (sulfide) groups is 1. The highest BCUT2D eigenvalue weighted by Gasteiger charge is 2.12. The quantitative estimate of drug-likeness (QED) is 0.485. The average molecular weight is 291 g/mol. The number of halogens is 2. The van der Waals surface area contributed by atoms with E-state index in [1.807, 2.05) is 5.16 Å². The molecule has 7 heteroatoms. The minimum absolute atomic E-state index is 0.0301. The van der Waals surface area contributed by atoms with Crippen molar-refractivity contribution in [2.24, 2.45) is 4.99 Å². The Balaban J connectivity index is 3.11. The van der Waals surface area contributed by atoms with Gasteiger partial charge in [0.2, 0.25) is 0 Å². The van der Waals surface area contributed by atoms with Gasteiger partial charge in [0.15, 0.2) is 5.82 Å². The highest BCUT2D eigenvalue weighted by Crippen LogP contribution is 2.35. The Hall–Kier alpha value is -0.940. The van der Waals surface area contributed by atoms with Crippen molar-refractivity contribution in [1.29, 1.82) is 0 Å². The highest BCUT2D eigenvalue weighted by atomic mass is 35.5. The van der Waals surface area contributed by atoms with E-state index in [1.165, 1.54) is 13.0 Å². The van der Waals surface area contributed by atoms with Gasteiger partial charge in [0.1, 0.15) is 5.69 Å². The van der Waals surface area contributed by atoms with Crippen LogP contribution in [-0.4, -0.2) is 16.4 Å². The number of carboxylic acids is 1. The summed E-state index contributed by atoms with van der Waals surface area (Å²) in [5.74, 6) is -1.87. The van der Waals surface area contributed by atoms with Gasteiger partial charge in [-0.1, -0.05) is 11.6 Å². The maximum absolute atomic E-state index is 13.3. The van der Waals surface area contributed by atoms with E-state index in [4.69, 9.17) is 11.6 Å². The van der Waals surface area contributed by atoms with Crippen molar-refractivity contribution >= 4 is 52.4 Å². The molecule has 0 heterocycles. The molecule has 0 aliphatic carbocycles. The van der Waals surface area contributed by atoms with Crippen molar-refractivity contribution in [3.05, 3.63) is 23.0 Å². The van der Waals surface area contributed by atoms with Crippen molar-refractivity contribution in [2.45, 2.75) is 17.1 Å². The molecular weight excluding hydrogens is 285 g/mol. The van der Waals surface area contributed by atoms with Gasteiger partial charge >= 0.3 is 0 Å². The average Bonchev–Trinajstić information content (AvgIpc) is 2.24. The zero-order chi connectivity index (χ0) is 13.0. The third-order valence-corrected chi connectivity index (χ3v) is 3.46. The van der Waals surface area contributed by atoms with E-state index in [-0.39, 0.29) is 10.7 Å². The first-order chi connectivity index (χ1) is 7.95. The Morgan fingerprint density at radius 3 is 2.88 bits per heavy atom. The molecule has 0 fully saturated rings. The van der Waals surface area contributed by atoms with Crippen LogP contribution in [0.3, 0.4) is 0 Å². The van der Waals surface area contributed by atoms with Crippen molar-refractivity contribution in [3.8, 4) is 0 Å². The van der Waals surface area contributed by atoms with Gasteiger partial charge in [-0.25, -0.2) is 4.39 Å². The molecule has 0 saturated carbocycles. The van der Waals surface area contributed by atoms with E-state index in [1.54, 1.807) is 0 Å². The molecule has 1 rings (SSSR count). The maximum Gasteiger partial charge on any atom is 0.151 e. The summed E-state index contributed by atoms with van der Waals surface area (Å²) < 4.78 is 13.3. The number of hydrogen-bond acceptors (Lipinski definition) is 5. The van der Waals surface area contributed by atoms with E-state index >= 15 is 0 Å². The standard InChI is InChI=1S/C10H7ClFNO2S2/c1-5(10(14)15)17-9-3-8(13-4-16)7(12)2-6(9)11/h2-3,5H,1H3,(H,14,15)/p-1. The van der Waals surface area contributed by atoms with E-state index in [0.717, 1.165) is 17.8 Å². The smallest absolute Gasteiger partial charge is 0.151 e. The second-order valence-corrected chi connectivity index (χ2v) is 4.99. The Bertz CT molecular complexity index is 503. The van der Waals surface area contributed by atoms with Gasteiger partial charge in [0.05, 0.1) is 16.2 Å². The fourth-order valence-electron chi connectivity index (χ4n) is 0.982. The summed E-state index contributed by atoms with van der Waals surface area (Å²) in [6, 6.07) is 2.37. The van der Waals surface area contributed by atoms with E-state index in [9.17, 15) is 14.3 Å². The number of nitrogens with zero attached hydrogens (tertiary/aromatic N) is 1. The minimum atomic E-state index is -1.23. The fourth-order valence-corrected chi connectivity index (χ4v) is 2.19. The number of aliphatic carboxylic acids is 1. The largest absolute Gasteiger partial charge is 0.549 e. The number of rotatable bonds is 4. The van der Waals surface area contributed by atoms with E-state index < -0.39 is 17.0 Å². The number of thiocarbonyl (C=S) groups is 1. The van der Waals surface area contributed by atoms with Crippen LogP contribution in [0.1, 0.15) is 6.92 Å². The number of benzene rings is 1. The van der Waals surface area contributed by atoms with Crippen LogP contribution in [0.2, 0.25) is 5.02 Å². The van der Waals surface area contributed by atoms with Gasteiger partial charge in [-0.15, -0.1) is 11.8 Å². The van der Waals surface area contributed by atoms with Gasteiger partial charge < -0.3 is 9.90 Å². The normalized spacial score (nSPS) is 11.7. The van der Waals surface area contributed by atoms with Crippen LogP contribution in [-0.2, 0) is 4.79 Å². The molecule has 0 aromatic heterocycles. The first-order valence-electron chi connectivity index (χ1n) is 4.40. The lowest BCUT2D eigenvalue weighted by molar-refractivity contribution is -0.304. The van der Waals surface area contributed by atoms with Gasteiger partial charge in [-0.05, 0) is 31.3 Å². The van der Waals surface area contributed by atoms with Gasteiger partial charge in [-0.2, -0.15) is 4.99 Å². The number of carboxylic acid groups (broad SMARTS) is 1. The van der Waals surface area contributed by atoms with Crippen molar-refractivity contribution in [2.75, 3.05) is 0 Å². The zero-order valence-electron chi connectivity index (χ0n) is 8.57. The molecule has 0 bridgehead atoms. The molecule has 0 aliphatic rings. The molecule has 1 unspecified atom stereocenters. The summed E-state index contributed by atoms with van der Waals surface area (Å²) in [6.07, 6.45) is 0. The van der Waals surface area contributed by atoms with E-state index in [0.29, 0.717) is 4.90 Å². The number of isothiocyanates is 1. The molecule has 0 saturated heterocycles. The van der Waals surface area contributed by atoms with Crippen LogP contribution in [0.15, 0.2) is 22.0 Å². The Labute approximate surface area is 112 Å². The lowest BCUT2D eigenvalue weighted by Gasteiger charge is -2.13. The molecule has 3 nitrogen and oxygen atoms in total. The molecule has 1 aromatic rings. The fraction of sp³-hybridized carbons (Fsp3) is 0.200. The van der Waals surface area contributed by atoms with E-state index in [2.05, 4.69) is 17.2 Å². The predicted octanol–water partition coefficient (Wildman–Crippen LogP) is 2.44. The van der Waals surface area contributed by atoms with Crippen LogP contribution in [0.4, 0.5) is 10.1 Å². The number of aliphatic imine (C=N–C) groups is 1. The van der Waals surface area contributed by atoms with Crippen LogP contribution < -0.4 is 5.11 Å². The zero-order valence-corrected chi connectivity index (χ0v) is 11.0. The monoisotopic (exact) mass is 290 g/mol. The summed E-state index contributed by atoms with van der Waals surface area (Å²) >= 11 is 11.1. The molecule has 1 aromatic carbocycles. The van der Waals surface area contributed by atoms with Crippen LogP contribution >= 0.6 is 35.6 Å². The molecule has 0 N–H and O–H groups in total. The highest BCUT2D eigenvalue weighted by molar-refractivity contribution is 8.00. The molecule has 0 spiro atoms. The van der Waals surface area contributed by atoms with Crippen molar-refractivity contribution in [1.82, 2.24) is 0 Å². The summed E-state index contributed by atoms with van der Waals surface area (Å²) in [5, 5.41) is 11.9. The number of carbonyl (C=O) groups is 1. The molecule has 0 amide bonds. The second kappa shape index (κ2) is 6.12. The minimum Gasteiger partial charge on any atom is -0.549 e. The van der Waals surface area contributed by atoms with Gasteiger partial charge in [0, 0.05) is 10.1 Å². The Kier molecular flexibility index (Phi) is 5.08. The maximum atomic E-state index is 13.3. The summed E-state index contributed by atoms with van der Waals surface area (Å²) in [6.45, 7) is 1.45. The first-order valence-corrected chi connectivity index (χ1v) is 6.06. The Morgan fingerprint density at radius 1 is 1.71 bits per heavy atom. The lowest BCUT2D eigenvalue weighted by Crippen LogP contribution is -2.31. The molecule has 0 radical (unpaired) electrons. The molecule has 90 valence electrons. The second-order valence-electron chi connectivity index (χ2n) is 3.02. The van der Waals surface area contributed by atoms with Crippen molar-refractivity contribution < 1.29 is 14.3 Å². The van der Waals surface area contributed by atoms with Crippen LogP contribution in [0.25, 0.3) is 0 Å². The summed E-state index contributed by atoms with van der Waals surface area (Å²) in [7, 11) is 0. The van der Waals surface area contributed by atoms with Gasteiger partial charge in [-0.3, -0.25) is 0 Å². The number of hydrogen-bond donors (Lipinski definition) is 0. The van der Waals surface area contributed by atoms with Crippen LogP contribution in [0, 0.1) is 5.82 Å². The summed E-state index contributed by atoms with van der Waals surface area (Å²) in [4.78, 5) is 14.5. The van der Waals surface area contributed by atoms with Crippen molar-refractivity contribution in [3.63, 3.8) is 0 Å². The van der Waals surface area contributed by atoms with Gasteiger partial charge in [0.25, 0.3) is 0 Å². The molecule has 1 atom stereocenters. The topological polar surface area (TPSA) is 52.5 Å². The third kappa shape index (κ3) is 3.78. The predicted molar refractivity (Wildman–Crippen MR) is 66.4 cm³/mol. The number of carbonyl (C=O) groups excluding carboxylic acids is 1. The SMILES string of the molecule is CC(Sc1cc(N=C=S)c(F)cc1Cl)C(=O)[O-]. The molecule has 0 aliphatic heterocycles. The third-order valence-electron chi connectivity index (χ3n) is 1.80. The lowest BCUT2D eigenvalue weighted by atomic mass is 10.3. The Morgan fingerprint density at radius 2 is 2.35 bits per heavy atom. The molecule has 17 heavy (non-hydrogen) atoms. The first kappa shape index (κ1) is 14.1. The molecular formula is C10H6ClFNO2S2-. The van der Waals surface area contributed by atoms with Crippen LogP contribution in [0.5, 0.6) is 0 Å².